The van der Waals surface area contributed by atoms with Crippen molar-refractivity contribution in [2.24, 2.45) is 0 Å². The Morgan fingerprint density at radius 3 is 2.55 bits per heavy atom. The summed E-state index contributed by atoms with van der Waals surface area (Å²) in [6, 6.07) is 10.5. The molecule has 8 heteroatoms. The molecular weight excluding hydrogens is 425 g/mol. The smallest absolute Gasteiger partial charge is 0.251 e. The highest BCUT2D eigenvalue weighted by atomic mass is 19.1. The van der Waals surface area contributed by atoms with Gasteiger partial charge in [0.1, 0.15) is 17.7 Å². The second-order valence-electron chi connectivity index (χ2n) is 8.57. The Balaban J connectivity index is 1.48. The van der Waals surface area contributed by atoms with E-state index < -0.39 is 0 Å². The second-order valence-corrected chi connectivity index (χ2v) is 8.57. The molecule has 174 valence electrons. The Morgan fingerprint density at radius 2 is 1.85 bits per heavy atom. The van der Waals surface area contributed by atoms with E-state index in [4.69, 9.17) is 19.2 Å². The molecule has 2 aliphatic rings. The molecule has 0 unspecified atom stereocenters. The number of ether oxygens (including phenoxy) is 3. The van der Waals surface area contributed by atoms with Crippen molar-refractivity contribution in [2.45, 2.75) is 37.8 Å². The topological polar surface area (TPSA) is 65.8 Å². The van der Waals surface area contributed by atoms with E-state index in [9.17, 15) is 9.18 Å². The van der Waals surface area contributed by atoms with Gasteiger partial charge in [0.2, 0.25) is 0 Å². The minimum atomic E-state index is -0.317. The number of carbonyl (C=O) groups is 1. The van der Waals surface area contributed by atoms with Crippen LogP contribution in [-0.2, 0) is 9.53 Å². The fraction of sp³-hybridized carbons (Fsp3) is 0.440. The molecule has 1 aromatic heterocycles. The maximum atomic E-state index is 14.0. The quantitative estimate of drug-likeness (QED) is 0.579. The van der Waals surface area contributed by atoms with Crippen molar-refractivity contribution in [2.75, 3.05) is 33.9 Å². The number of methoxy groups -OCH3 is 2. The van der Waals surface area contributed by atoms with Gasteiger partial charge in [0.25, 0.3) is 5.91 Å². The van der Waals surface area contributed by atoms with Crippen LogP contribution in [0.15, 0.2) is 36.4 Å². The number of aromatic nitrogens is 2. The fourth-order valence-corrected chi connectivity index (χ4v) is 4.94. The van der Waals surface area contributed by atoms with Crippen LogP contribution in [0.25, 0.3) is 22.4 Å². The number of likely N-dealkylation sites (tertiary alicyclic amines) is 1. The monoisotopic (exact) mass is 453 g/mol. The van der Waals surface area contributed by atoms with Crippen LogP contribution in [-0.4, -0.2) is 60.4 Å². The Bertz CT molecular complexity index is 1160. The molecule has 0 bridgehead atoms. The van der Waals surface area contributed by atoms with Crippen LogP contribution in [0.2, 0.25) is 0 Å². The number of benzene rings is 2. The van der Waals surface area contributed by atoms with Gasteiger partial charge in [0, 0.05) is 37.4 Å². The highest BCUT2D eigenvalue weighted by molar-refractivity contribution is 5.82. The van der Waals surface area contributed by atoms with Gasteiger partial charge in [-0.25, -0.2) is 9.37 Å². The molecule has 7 nitrogen and oxygen atoms in total. The number of hydrogen-bond acceptors (Lipinski definition) is 5. The Labute approximate surface area is 192 Å². The maximum absolute atomic E-state index is 14.0. The zero-order valence-corrected chi connectivity index (χ0v) is 18.9. The predicted octanol–water partition coefficient (Wildman–Crippen LogP) is 4.20. The third-order valence-corrected chi connectivity index (χ3v) is 6.64. The molecular formula is C25H28FN3O4. The lowest BCUT2D eigenvalue weighted by Crippen LogP contribution is -2.44. The van der Waals surface area contributed by atoms with Crippen LogP contribution in [0.3, 0.4) is 0 Å². The van der Waals surface area contributed by atoms with Gasteiger partial charge >= 0.3 is 0 Å². The largest absolute Gasteiger partial charge is 0.493 e. The molecule has 0 saturated carbocycles. The number of piperidine rings is 1. The summed E-state index contributed by atoms with van der Waals surface area (Å²) in [4.78, 5) is 19.5. The van der Waals surface area contributed by atoms with E-state index in [2.05, 4.69) is 4.57 Å². The minimum Gasteiger partial charge on any atom is -0.493 e. The summed E-state index contributed by atoms with van der Waals surface area (Å²) in [5.74, 6) is 1.78. The van der Waals surface area contributed by atoms with Crippen LogP contribution in [0.5, 0.6) is 11.5 Å². The van der Waals surface area contributed by atoms with Gasteiger partial charge in [0.05, 0.1) is 25.3 Å². The zero-order chi connectivity index (χ0) is 22.9. The Morgan fingerprint density at radius 1 is 1.06 bits per heavy atom. The number of amides is 1. The van der Waals surface area contributed by atoms with Crippen LogP contribution < -0.4 is 9.47 Å². The molecule has 3 aromatic rings. The molecule has 2 aliphatic heterocycles. The van der Waals surface area contributed by atoms with E-state index in [0.29, 0.717) is 36.7 Å². The lowest BCUT2D eigenvalue weighted by atomic mass is 10.0. The van der Waals surface area contributed by atoms with Crippen LogP contribution in [0, 0.1) is 5.82 Å². The first-order valence-electron chi connectivity index (χ1n) is 11.4. The minimum absolute atomic E-state index is 0.101. The van der Waals surface area contributed by atoms with E-state index in [1.165, 1.54) is 12.1 Å². The Hall–Kier alpha value is -3.13. The molecule has 2 saturated heterocycles. The Kier molecular flexibility index (Phi) is 5.93. The molecule has 0 spiro atoms. The fourth-order valence-electron chi connectivity index (χ4n) is 4.94. The average molecular weight is 454 g/mol. The van der Waals surface area contributed by atoms with Gasteiger partial charge in [0.15, 0.2) is 11.5 Å². The molecule has 5 rings (SSSR count). The number of imidazole rings is 1. The first kappa shape index (κ1) is 21.7. The van der Waals surface area contributed by atoms with Crippen molar-refractivity contribution in [1.29, 1.82) is 0 Å². The van der Waals surface area contributed by atoms with Crippen molar-refractivity contribution >= 4 is 16.9 Å². The number of carbonyl (C=O) groups excluding carboxylic acids is 1. The van der Waals surface area contributed by atoms with Crippen molar-refractivity contribution in [3.8, 4) is 22.9 Å². The summed E-state index contributed by atoms with van der Waals surface area (Å²) < 4.78 is 32.6. The van der Waals surface area contributed by atoms with Gasteiger partial charge in [-0.2, -0.15) is 0 Å². The van der Waals surface area contributed by atoms with E-state index in [-0.39, 0.29) is 23.9 Å². The normalized spacial score (nSPS) is 19.2. The average Bonchev–Trinajstić information content (AvgIpc) is 3.51. The van der Waals surface area contributed by atoms with Gasteiger partial charge in [-0.05, 0) is 56.0 Å². The van der Waals surface area contributed by atoms with Gasteiger partial charge in [-0.15, -0.1) is 0 Å². The van der Waals surface area contributed by atoms with E-state index >= 15 is 0 Å². The highest BCUT2D eigenvalue weighted by Gasteiger charge is 2.32. The molecule has 0 radical (unpaired) electrons. The number of fused-ring (bicyclic) bond motifs is 1. The number of nitrogens with zero attached hydrogens (tertiary/aromatic N) is 3. The maximum Gasteiger partial charge on any atom is 0.251 e. The first-order chi connectivity index (χ1) is 16.1. The third kappa shape index (κ3) is 4.04. The first-order valence-corrected chi connectivity index (χ1v) is 11.4. The summed E-state index contributed by atoms with van der Waals surface area (Å²) in [6.07, 6.45) is 3.04. The third-order valence-electron chi connectivity index (χ3n) is 6.64. The summed E-state index contributed by atoms with van der Waals surface area (Å²) in [6.45, 7) is 1.99. The summed E-state index contributed by atoms with van der Waals surface area (Å²) >= 11 is 0. The number of hydrogen-bond donors (Lipinski definition) is 0. The van der Waals surface area contributed by atoms with E-state index in [1.54, 1.807) is 20.3 Å². The molecule has 2 fully saturated rings. The van der Waals surface area contributed by atoms with Crippen molar-refractivity contribution in [3.05, 3.63) is 42.2 Å². The number of halogens is 1. The van der Waals surface area contributed by atoms with E-state index in [1.807, 2.05) is 23.1 Å². The van der Waals surface area contributed by atoms with Crippen LogP contribution in [0.1, 0.15) is 31.7 Å². The molecule has 2 aromatic carbocycles. The summed E-state index contributed by atoms with van der Waals surface area (Å²) in [5, 5.41) is 0. The lowest BCUT2D eigenvalue weighted by molar-refractivity contribution is -0.142. The molecule has 1 amide bonds. The molecule has 0 aliphatic carbocycles. The van der Waals surface area contributed by atoms with Crippen LogP contribution >= 0.6 is 0 Å². The summed E-state index contributed by atoms with van der Waals surface area (Å²) in [7, 11) is 3.20. The molecule has 1 atom stereocenters. The van der Waals surface area contributed by atoms with Crippen molar-refractivity contribution < 1.29 is 23.4 Å². The van der Waals surface area contributed by atoms with Crippen molar-refractivity contribution in [1.82, 2.24) is 14.5 Å². The van der Waals surface area contributed by atoms with Crippen LogP contribution in [0.4, 0.5) is 4.39 Å². The van der Waals surface area contributed by atoms with Gasteiger partial charge in [-0.1, -0.05) is 0 Å². The highest BCUT2D eigenvalue weighted by Crippen LogP contribution is 2.37. The van der Waals surface area contributed by atoms with Gasteiger partial charge in [-0.3, -0.25) is 4.79 Å². The molecule has 3 heterocycles. The standard InChI is InChI=1S/C25H28FN3O4/c1-31-21-8-5-16(14-23(21)32-2)24-27-19-15-17(26)6-7-20(19)29(24)18-9-11-28(12-10-18)25(30)22-4-3-13-33-22/h5-8,14-15,18,22H,3-4,9-13H2,1-2H3/t22-/m0/s1. The summed E-state index contributed by atoms with van der Waals surface area (Å²) in [5.41, 5.74) is 2.35. The van der Waals surface area contributed by atoms with Gasteiger partial charge < -0.3 is 23.7 Å². The van der Waals surface area contributed by atoms with Crippen molar-refractivity contribution in [3.63, 3.8) is 0 Å². The molecule has 0 N–H and O–H groups in total. The zero-order valence-electron chi connectivity index (χ0n) is 18.9. The predicted molar refractivity (Wildman–Crippen MR) is 122 cm³/mol. The number of rotatable bonds is 5. The lowest BCUT2D eigenvalue weighted by Gasteiger charge is -2.34. The second kappa shape index (κ2) is 9.02. The van der Waals surface area contributed by atoms with E-state index in [0.717, 1.165) is 42.6 Å². The SMILES string of the molecule is COc1ccc(-c2nc3cc(F)ccc3n2C2CCN(C(=O)[C@@H]3CCCO3)CC2)cc1OC. The molecule has 33 heavy (non-hydrogen) atoms.